The van der Waals surface area contributed by atoms with Gasteiger partial charge in [-0.25, -0.2) is 4.98 Å². The van der Waals surface area contributed by atoms with E-state index in [0.29, 0.717) is 25.2 Å². The zero-order valence-corrected chi connectivity index (χ0v) is 11.0. The Morgan fingerprint density at radius 2 is 2.39 bits per heavy atom. The molecule has 6 nitrogen and oxygen atoms in total. The second-order valence-electron chi connectivity index (χ2n) is 4.72. The van der Waals surface area contributed by atoms with Gasteiger partial charge in [0.1, 0.15) is 5.69 Å². The summed E-state index contributed by atoms with van der Waals surface area (Å²) in [7, 11) is 0. The average molecular weight is 254 g/mol. The van der Waals surface area contributed by atoms with Gasteiger partial charge < -0.3 is 20.7 Å². The molecule has 0 aliphatic rings. The van der Waals surface area contributed by atoms with Crippen LogP contribution in [-0.2, 0) is 6.54 Å². The molecule has 1 aromatic rings. The summed E-state index contributed by atoms with van der Waals surface area (Å²) in [6.45, 7) is 5.06. The van der Waals surface area contributed by atoms with Gasteiger partial charge in [-0.1, -0.05) is 13.3 Å². The maximum absolute atomic E-state index is 11.8. The lowest BCUT2D eigenvalue weighted by molar-refractivity contribution is 0.0468. The molecule has 0 radical (unpaired) electrons. The van der Waals surface area contributed by atoms with Crippen molar-refractivity contribution in [2.45, 2.75) is 38.8 Å². The summed E-state index contributed by atoms with van der Waals surface area (Å²) in [5.41, 5.74) is 4.89. The van der Waals surface area contributed by atoms with Gasteiger partial charge in [0.2, 0.25) is 0 Å². The Morgan fingerprint density at radius 3 is 3.00 bits per heavy atom. The number of aliphatic hydroxyl groups is 1. The van der Waals surface area contributed by atoms with Crippen LogP contribution in [0.3, 0.4) is 0 Å². The van der Waals surface area contributed by atoms with Gasteiger partial charge in [-0.05, 0) is 13.3 Å². The van der Waals surface area contributed by atoms with Crippen LogP contribution in [0, 0.1) is 0 Å². The highest BCUT2D eigenvalue weighted by Gasteiger charge is 2.20. The maximum Gasteiger partial charge on any atom is 0.271 e. The number of carbonyl (C=O) groups is 1. The van der Waals surface area contributed by atoms with Gasteiger partial charge in [0.15, 0.2) is 0 Å². The molecule has 1 rings (SSSR count). The molecule has 1 heterocycles. The molecule has 0 fully saturated rings. The van der Waals surface area contributed by atoms with E-state index in [0.717, 1.165) is 6.42 Å². The molecule has 0 bridgehead atoms. The van der Waals surface area contributed by atoms with E-state index in [1.54, 1.807) is 24.0 Å². The molecule has 102 valence electrons. The Balaban J connectivity index is 2.49. The third-order valence-corrected chi connectivity index (χ3v) is 2.67. The molecule has 6 heteroatoms. The van der Waals surface area contributed by atoms with E-state index in [4.69, 9.17) is 5.73 Å². The van der Waals surface area contributed by atoms with Gasteiger partial charge in [0.05, 0.1) is 11.9 Å². The number of imidazole rings is 1. The first kappa shape index (κ1) is 14.7. The number of rotatable bonds is 7. The molecular formula is C12H22N4O2. The van der Waals surface area contributed by atoms with Crippen molar-refractivity contribution in [1.82, 2.24) is 14.9 Å². The van der Waals surface area contributed by atoms with Crippen molar-refractivity contribution < 1.29 is 9.90 Å². The minimum atomic E-state index is -0.871. The quantitative estimate of drug-likeness (QED) is 0.644. The van der Waals surface area contributed by atoms with Gasteiger partial charge in [0, 0.05) is 25.8 Å². The minimum absolute atomic E-state index is 0.226. The topological polar surface area (TPSA) is 93.2 Å². The molecule has 0 aliphatic carbocycles. The third kappa shape index (κ3) is 4.46. The van der Waals surface area contributed by atoms with Crippen LogP contribution in [-0.4, -0.2) is 39.3 Å². The lowest BCUT2D eigenvalue weighted by atomic mass is 10.0. The van der Waals surface area contributed by atoms with Gasteiger partial charge in [-0.3, -0.25) is 4.79 Å². The Hall–Kier alpha value is -1.40. The van der Waals surface area contributed by atoms with Crippen LogP contribution in [0.4, 0.5) is 0 Å². The summed E-state index contributed by atoms with van der Waals surface area (Å²) in [5, 5.41) is 12.6. The van der Waals surface area contributed by atoms with Crippen molar-refractivity contribution in [3.05, 3.63) is 18.2 Å². The first-order valence-electron chi connectivity index (χ1n) is 6.21. The number of carbonyl (C=O) groups excluding carboxylic acids is 1. The summed E-state index contributed by atoms with van der Waals surface area (Å²) in [6.07, 6.45) is 4.74. The van der Waals surface area contributed by atoms with E-state index < -0.39 is 5.60 Å². The zero-order chi connectivity index (χ0) is 13.6. The SMILES string of the molecule is CCCC(C)(O)CNC(=O)c1cn(CCN)cn1. The lowest BCUT2D eigenvalue weighted by Crippen LogP contribution is -2.40. The highest BCUT2D eigenvalue weighted by molar-refractivity contribution is 5.92. The second-order valence-corrected chi connectivity index (χ2v) is 4.72. The van der Waals surface area contributed by atoms with Gasteiger partial charge in [-0.15, -0.1) is 0 Å². The van der Waals surface area contributed by atoms with Crippen LogP contribution >= 0.6 is 0 Å². The summed E-state index contributed by atoms with van der Waals surface area (Å²) in [5.74, 6) is -0.276. The van der Waals surface area contributed by atoms with E-state index in [1.165, 1.54) is 0 Å². The number of nitrogens with zero attached hydrogens (tertiary/aromatic N) is 2. The fraction of sp³-hybridized carbons (Fsp3) is 0.667. The molecule has 0 aliphatic heterocycles. The number of nitrogens with two attached hydrogens (primary N) is 1. The second kappa shape index (κ2) is 6.51. The Kier molecular flexibility index (Phi) is 5.30. The molecule has 1 aromatic heterocycles. The fourth-order valence-corrected chi connectivity index (χ4v) is 1.74. The molecular weight excluding hydrogens is 232 g/mol. The van der Waals surface area contributed by atoms with Crippen molar-refractivity contribution in [3.8, 4) is 0 Å². The summed E-state index contributed by atoms with van der Waals surface area (Å²) >= 11 is 0. The summed E-state index contributed by atoms with van der Waals surface area (Å²) in [6, 6.07) is 0. The highest BCUT2D eigenvalue weighted by Crippen LogP contribution is 2.10. The Labute approximate surface area is 107 Å². The van der Waals surface area contributed by atoms with Crippen molar-refractivity contribution >= 4 is 5.91 Å². The van der Waals surface area contributed by atoms with Gasteiger partial charge >= 0.3 is 0 Å². The standard InChI is InChI=1S/C12H22N4O2/c1-3-4-12(2,18)8-14-11(17)10-7-16(6-5-13)9-15-10/h7,9,18H,3-6,8,13H2,1-2H3,(H,14,17). The molecule has 1 unspecified atom stereocenters. The van der Waals surface area contributed by atoms with E-state index in [1.807, 2.05) is 6.92 Å². The highest BCUT2D eigenvalue weighted by atomic mass is 16.3. The number of nitrogens with one attached hydrogen (secondary N) is 1. The van der Waals surface area contributed by atoms with E-state index in [2.05, 4.69) is 10.3 Å². The van der Waals surface area contributed by atoms with Crippen LogP contribution in [0.25, 0.3) is 0 Å². The van der Waals surface area contributed by atoms with E-state index in [-0.39, 0.29) is 12.5 Å². The lowest BCUT2D eigenvalue weighted by Gasteiger charge is -2.22. The van der Waals surface area contributed by atoms with Crippen molar-refractivity contribution in [2.75, 3.05) is 13.1 Å². The molecule has 1 amide bonds. The molecule has 0 aromatic carbocycles. The van der Waals surface area contributed by atoms with Crippen LogP contribution in [0.5, 0.6) is 0 Å². The van der Waals surface area contributed by atoms with E-state index >= 15 is 0 Å². The van der Waals surface area contributed by atoms with Crippen molar-refractivity contribution in [1.29, 1.82) is 0 Å². The third-order valence-electron chi connectivity index (χ3n) is 2.67. The molecule has 1 atom stereocenters. The van der Waals surface area contributed by atoms with Gasteiger partial charge in [0.25, 0.3) is 5.91 Å². The minimum Gasteiger partial charge on any atom is -0.388 e. The number of hydrogen-bond donors (Lipinski definition) is 3. The van der Waals surface area contributed by atoms with Crippen molar-refractivity contribution in [2.24, 2.45) is 5.73 Å². The summed E-state index contributed by atoms with van der Waals surface area (Å²) < 4.78 is 1.76. The smallest absolute Gasteiger partial charge is 0.271 e. The average Bonchev–Trinajstić information content (AvgIpc) is 2.75. The Bertz CT molecular complexity index is 387. The van der Waals surface area contributed by atoms with E-state index in [9.17, 15) is 9.90 Å². The van der Waals surface area contributed by atoms with Crippen molar-refractivity contribution in [3.63, 3.8) is 0 Å². The predicted molar refractivity (Wildman–Crippen MR) is 69.1 cm³/mol. The normalized spacial score (nSPS) is 14.2. The molecule has 0 spiro atoms. The largest absolute Gasteiger partial charge is 0.388 e. The monoisotopic (exact) mass is 254 g/mol. The maximum atomic E-state index is 11.8. The molecule has 0 saturated heterocycles. The predicted octanol–water partition coefficient (Wildman–Crippen LogP) is 0.123. The fourth-order valence-electron chi connectivity index (χ4n) is 1.74. The first-order chi connectivity index (χ1) is 8.48. The number of hydrogen-bond acceptors (Lipinski definition) is 4. The van der Waals surface area contributed by atoms with Crippen LogP contribution < -0.4 is 11.1 Å². The summed E-state index contributed by atoms with van der Waals surface area (Å²) in [4.78, 5) is 15.8. The van der Waals surface area contributed by atoms with Crippen LogP contribution in [0.2, 0.25) is 0 Å². The number of aromatic nitrogens is 2. The molecule has 18 heavy (non-hydrogen) atoms. The zero-order valence-electron chi connectivity index (χ0n) is 11.0. The number of amides is 1. The van der Waals surface area contributed by atoms with Crippen LogP contribution in [0.1, 0.15) is 37.2 Å². The first-order valence-corrected chi connectivity index (χ1v) is 6.21. The van der Waals surface area contributed by atoms with Crippen LogP contribution in [0.15, 0.2) is 12.5 Å². The molecule has 4 N–H and O–H groups in total. The Morgan fingerprint density at radius 1 is 1.67 bits per heavy atom. The van der Waals surface area contributed by atoms with Gasteiger partial charge in [-0.2, -0.15) is 0 Å². The molecule has 0 saturated carbocycles.